The third-order valence-corrected chi connectivity index (χ3v) is 4.58. The second-order valence-electron chi connectivity index (χ2n) is 6.00. The molecule has 126 valence electrons. The van der Waals surface area contributed by atoms with E-state index in [1.807, 2.05) is 24.3 Å². The average Bonchev–Trinajstić information content (AvgIpc) is 2.66. The largest absolute Gasteiger partial charge is 0.496 e. The number of benzene rings is 3. The topological polar surface area (TPSA) is 44.8 Å². The lowest BCUT2D eigenvalue weighted by Crippen LogP contribution is -2.21. The van der Waals surface area contributed by atoms with Gasteiger partial charge in [0.2, 0.25) is 0 Å². The Hall–Kier alpha value is -3.01. The lowest BCUT2D eigenvalue weighted by molar-refractivity contribution is 0.0846. The molecule has 1 aliphatic rings. The molecule has 0 saturated heterocycles. The van der Waals surface area contributed by atoms with E-state index in [4.69, 9.17) is 14.2 Å². The second kappa shape index (κ2) is 6.13. The molecule has 4 heteroatoms. The average molecular weight is 334 g/mol. The summed E-state index contributed by atoms with van der Waals surface area (Å²) in [5.41, 5.74) is 1.50. The molecular formula is C21H18O4. The second-order valence-corrected chi connectivity index (χ2v) is 6.00. The van der Waals surface area contributed by atoms with Gasteiger partial charge >= 0.3 is 0 Å². The minimum atomic E-state index is -0.331. The number of Topliss-reactive ketones (excluding diaryl/α,β-unsaturated/α-hetero) is 1. The van der Waals surface area contributed by atoms with Crippen molar-refractivity contribution in [3.05, 3.63) is 65.7 Å². The van der Waals surface area contributed by atoms with Gasteiger partial charge in [0.15, 0.2) is 5.78 Å². The van der Waals surface area contributed by atoms with Crippen molar-refractivity contribution in [3.8, 4) is 17.2 Å². The van der Waals surface area contributed by atoms with Crippen LogP contribution in [-0.2, 0) is 0 Å². The zero-order valence-electron chi connectivity index (χ0n) is 14.1. The lowest BCUT2D eigenvalue weighted by atomic mass is 9.92. The first-order valence-corrected chi connectivity index (χ1v) is 8.15. The summed E-state index contributed by atoms with van der Waals surface area (Å²) in [6, 6.07) is 17.6. The van der Waals surface area contributed by atoms with Crippen molar-refractivity contribution in [3.63, 3.8) is 0 Å². The number of carbonyl (C=O) groups is 1. The number of hydrogen-bond acceptors (Lipinski definition) is 4. The molecule has 4 rings (SSSR count). The molecule has 0 amide bonds. The fourth-order valence-corrected chi connectivity index (χ4v) is 3.38. The molecule has 0 N–H and O–H groups in total. The van der Waals surface area contributed by atoms with E-state index in [9.17, 15) is 4.79 Å². The normalized spacial score (nSPS) is 16.2. The van der Waals surface area contributed by atoms with Gasteiger partial charge in [-0.05, 0) is 10.8 Å². The van der Waals surface area contributed by atoms with Gasteiger partial charge in [-0.2, -0.15) is 0 Å². The molecule has 0 aromatic heterocycles. The van der Waals surface area contributed by atoms with Crippen LogP contribution in [0.4, 0.5) is 0 Å². The fraction of sp³-hybridized carbons (Fsp3) is 0.190. The van der Waals surface area contributed by atoms with Gasteiger partial charge in [0.05, 0.1) is 20.6 Å². The van der Waals surface area contributed by atoms with Gasteiger partial charge in [0.1, 0.15) is 28.9 Å². The Morgan fingerprint density at radius 2 is 1.80 bits per heavy atom. The summed E-state index contributed by atoms with van der Waals surface area (Å²) in [6.45, 7) is 0. The molecule has 1 aliphatic heterocycles. The van der Waals surface area contributed by atoms with Gasteiger partial charge in [-0.15, -0.1) is 0 Å². The Labute approximate surface area is 145 Å². The molecule has 0 bridgehead atoms. The lowest BCUT2D eigenvalue weighted by Gasteiger charge is -2.27. The van der Waals surface area contributed by atoms with Gasteiger partial charge in [-0.1, -0.05) is 42.5 Å². The summed E-state index contributed by atoms with van der Waals surface area (Å²) in [4.78, 5) is 12.8. The van der Waals surface area contributed by atoms with E-state index in [1.165, 1.54) is 0 Å². The van der Waals surface area contributed by atoms with Crippen LogP contribution in [0, 0.1) is 0 Å². The Morgan fingerprint density at radius 1 is 1.00 bits per heavy atom. The molecule has 0 fully saturated rings. The van der Waals surface area contributed by atoms with Gasteiger partial charge in [0.25, 0.3) is 0 Å². The van der Waals surface area contributed by atoms with E-state index < -0.39 is 0 Å². The predicted molar refractivity (Wildman–Crippen MR) is 95.8 cm³/mol. The first-order chi connectivity index (χ1) is 12.2. The van der Waals surface area contributed by atoms with Gasteiger partial charge in [0, 0.05) is 17.7 Å². The molecule has 0 unspecified atom stereocenters. The van der Waals surface area contributed by atoms with Crippen molar-refractivity contribution in [1.82, 2.24) is 0 Å². The van der Waals surface area contributed by atoms with Crippen molar-refractivity contribution in [2.24, 2.45) is 0 Å². The van der Waals surface area contributed by atoms with Crippen LogP contribution in [0.2, 0.25) is 0 Å². The molecule has 0 aliphatic carbocycles. The van der Waals surface area contributed by atoms with Crippen LogP contribution in [-0.4, -0.2) is 20.0 Å². The summed E-state index contributed by atoms with van der Waals surface area (Å²) < 4.78 is 16.9. The molecule has 25 heavy (non-hydrogen) atoms. The predicted octanol–water partition coefficient (Wildman–Crippen LogP) is 4.56. The van der Waals surface area contributed by atoms with Gasteiger partial charge in [-0.3, -0.25) is 4.79 Å². The summed E-state index contributed by atoms with van der Waals surface area (Å²) in [6.07, 6.45) is -0.0492. The molecule has 1 heterocycles. The van der Waals surface area contributed by atoms with Crippen molar-refractivity contribution in [1.29, 1.82) is 0 Å². The number of fused-ring (bicyclic) bond motifs is 2. The molecule has 3 aromatic carbocycles. The number of ketones is 1. The maximum Gasteiger partial charge on any atom is 0.174 e. The van der Waals surface area contributed by atoms with E-state index in [1.54, 1.807) is 26.4 Å². The van der Waals surface area contributed by atoms with Crippen LogP contribution < -0.4 is 14.2 Å². The number of carbonyl (C=O) groups excluding carboxylic acids is 1. The van der Waals surface area contributed by atoms with E-state index >= 15 is 0 Å². The van der Waals surface area contributed by atoms with Crippen molar-refractivity contribution in [2.75, 3.05) is 14.2 Å². The van der Waals surface area contributed by atoms with E-state index in [0.717, 1.165) is 16.3 Å². The van der Waals surface area contributed by atoms with Crippen molar-refractivity contribution >= 4 is 16.6 Å². The Morgan fingerprint density at radius 3 is 2.60 bits per heavy atom. The minimum Gasteiger partial charge on any atom is -0.496 e. The standard InChI is InChI=1S/C21H18O4/c1-23-14-10-19(24-2)21-17(22)12-18(25-20(21)11-14)16-9-5-7-13-6-3-4-8-15(13)16/h3-11,18H,12H2,1-2H3/t18-/m0/s1. The van der Waals surface area contributed by atoms with Crippen molar-refractivity contribution < 1.29 is 19.0 Å². The quantitative estimate of drug-likeness (QED) is 0.704. The molecule has 4 nitrogen and oxygen atoms in total. The highest BCUT2D eigenvalue weighted by atomic mass is 16.5. The summed E-state index contributed by atoms with van der Waals surface area (Å²) in [5.74, 6) is 1.60. The van der Waals surface area contributed by atoms with Crippen LogP contribution in [0.15, 0.2) is 54.6 Å². The number of ether oxygens (including phenoxy) is 3. The third-order valence-electron chi connectivity index (χ3n) is 4.58. The first kappa shape index (κ1) is 15.5. The van der Waals surface area contributed by atoms with Crippen LogP contribution in [0.25, 0.3) is 10.8 Å². The summed E-state index contributed by atoms with van der Waals surface area (Å²) in [5, 5.41) is 2.23. The highest BCUT2D eigenvalue weighted by molar-refractivity contribution is 6.03. The van der Waals surface area contributed by atoms with E-state index in [0.29, 0.717) is 22.8 Å². The Kier molecular flexibility index (Phi) is 3.80. The van der Waals surface area contributed by atoms with Crippen molar-refractivity contribution in [2.45, 2.75) is 12.5 Å². The van der Waals surface area contributed by atoms with E-state index in [2.05, 4.69) is 18.2 Å². The summed E-state index contributed by atoms with van der Waals surface area (Å²) >= 11 is 0. The molecule has 3 aromatic rings. The zero-order valence-corrected chi connectivity index (χ0v) is 14.1. The number of methoxy groups -OCH3 is 2. The van der Waals surface area contributed by atoms with Gasteiger partial charge in [-0.25, -0.2) is 0 Å². The maximum absolute atomic E-state index is 12.8. The van der Waals surface area contributed by atoms with Crippen LogP contribution in [0.5, 0.6) is 17.2 Å². The monoisotopic (exact) mass is 334 g/mol. The van der Waals surface area contributed by atoms with Crippen LogP contribution >= 0.6 is 0 Å². The molecule has 0 saturated carbocycles. The van der Waals surface area contributed by atoms with Gasteiger partial charge < -0.3 is 14.2 Å². The summed E-state index contributed by atoms with van der Waals surface area (Å²) in [7, 11) is 3.12. The third kappa shape index (κ3) is 2.60. The molecule has 0 radical (unpaired) electrons. The minimum absolute atomic E-state index is 0.0127. The highest BCUT2D eigenvalue weighted by Crippen LogP contribution is 2.43. The number of hydrogen-bond donors (Lipinski definition) is 0. The van der Waals surface area contributed by atoms with E-state index in [-0.39, 0.29) is 18.3 Å². The van der Waals surface area contributed by atoms with Crippen LogP contribution in [0.1, 0.15) is 28.4 Å². The molecular weight excluding hydrogens is 316 g/mol. The molecule has 0 spiro atoms. The zero-order chi connectivity index (χ0) is 17.4. The Balaban J connectivity index is 1.82. The smallest absolute Gasteiger partial charge is 0.174 e. The number of rotatable bonds is 3. The molecule has 1 atom stereocenters. The maximum atomic E-state index is 12.8. The Bertz CT molecular complexity index is 956. The SMILES string of the molecule is COc1cc(OC)c2c(c1)O[C@H](c1cccc3ccccc13)CC2=O. The highest BCUT2D eigenvalue weighted by Gasteiger charge is 2.32. The fourth-order valence-electron chi connectivity index (χ4n) is 3.38. The first-order valence-electron chi connectivity index (χ1n) is 8.15. The van der Waals surface area contributed by atoms with Crippen LogP contribution in [0.3, 0.4) is 0 Å².